The lowest BCUT2D eigenvalue weighted by atomic mass is 10.2. The normalized spacial score (nSPS) is 10.8. The fourth-order valence-corrected chi connectivity index (χ4v) is 1.97. The summed E-state index contributed by atoms with van der Waals surface area (Å²) in [6.07, 6.45) is 1.35. The molecular formula is C16H12ClN5O. The van der Waals surface area contributed by atoms with Crippen molar-refractivity contribution in [2.24, 2.45) is 5.10 Å². The Labute approximate surface area is 136 Å². The number of aromatic nitrogens is 3. The third kappa shape index (κ3) is 3.81. The van der Waals surface area contributed by atoms with E-state index < -0.39 is 5.56 Å². The Hall–Kier alpha value is -2.99. The first-order valence-electron chi connectivity index (χ1n) is 6.79. The summed E-state index contributed by atoms with van der Waals surface area (Å²) in [5.74, 6) is 0.429. The van der Waals surface area contributed by atoms with E-state index in [2.05, 4.69) is 25.7 Å². The van der Waals surface area contributed by atoms with E-state index in [9.17, 15) is 4.79 Å². The number of aromatic amines is 1. The van der Waals surface area contributed by atoms with E-state index in [1.54, 1.807) is 24.3 Å². The Morgan fingerprint density at radius 2 is 1.83 bits per heavy atom. The van der Waals surface area contributed by atoms with Gasteiger partial charge in [-0.3, -0.25) is 10.2 Å². The maximum atomic E-state index is 11.8. The molecule has 0 unspecified atom stereocenters. The molecule has 0 aliphatic rings. The lowest BCUT2D eigenvalue weighted by molar-refractivity contribution is 0.934. The third-order valence-electron chi connectivity index (χ3n) is 2.98. The van der Waals surface area contributed by atoms with Crippen LogP contribution in [0.25, 0.3) is 11.4 Å². The summed E-state index contributed by atoms with van der Waals surface area (Å²) in [4.78, 5) is 16.0. The zero-order chi connectivity index (χ0) is 16.1. The van der Waals surface area contributed by atoms with Gasteiger partial charge in [-0.25, -0.2) is 10.1 Å². The van der Waals surface area contributed by atoms with E-state index >= 15 is 0 Å². The standard InChI is InChI=1S/C16H12ClN5O/c17-12-6-8-13(9-7-12)20-18-10-14-16(23)22-21-15(19-14)11-4-2-1-3-5-11/h1-10,20H,(H,22,23)/b18-10+. The average molecular weight is 326 g/mol. The Morgan fingerprint density at radius 3 is 2.57 bits per heavy atom. The number of benzene rings is 2. The van der Waals surface area contributed by atoms with Crippen molar-refractivity contribution in [2.75, 3.05) is 5.43 Å². The van der Waals surface area contributed by atoms with Gasteiger partial charge >= 0.3 is 0 Å². The highest BCUT2D eigenvalue weighted by Gasteiger charge is 2.05. The van der Waals surface area contributed by atoms with Crippen molar-refractivity contribution >= 4 is 23.5 Å². The highest BCUT2D eigenvalue weighted by Crippen LogP contribution is 2.13. The minimum atomic E-state index is -0.411. The molecule has 114 valence electrons. The van der Waals surface area contributed by atoms with E-state index in [1.807, 2.05) is 30.3 Å². The highest BCUT2D eigenvalue weighted by atomic mass is 35.5. The van der Waals surface area contributed by atoms with Crippen molar-refractivity contribution in [1.82, 2.24) is 15.2 Å². The van der Waals surface area contributed by atoms with Gasteiger partial charge in [0.2, 0.25) is 0 Å². The first kappa shape index (κ1) is 14.9. The molecule has 2 aromatic carbocycles. The van der Waals surface area contributed by atoms with Gasteiger partial charge in [-0.1, -0.05) is 41.9 Å². The van der Waals surface area contributed by atoms with Gasteiger partial charge in [0.25, 0.3) is 5.56 Å². The molecule has 0 fully saturated rings. The molecule has 23 heavy (non-hydrogen) atoms. The molecule has 2 N–H and O–H groups in total. The first-order valence-corrected chi connectivity index (χ1v) is 7.17. The van der Waals surface area contributed by atoms with Gasteiger partial charge in [-0.05, 0) is 24.3 Å². The third-order valence-corrected chi connectivity index (χ3v) is 3.23. The summed E-state index contributed by atoms with van der Waals surface area (Å²) in [5, 5.41) is 11.0. The lowest BCUT2D eigenvalue weighted by Gasteiger charge is -2.01. The Kier molecular flexibility index (Phi) is 4.44. The van der Waals surface area contributed by atoms with E-state index in [1.165, 1.54) is 6.21 Å². The number of hydrogen-bond acceptors (Lipinski definition) is 5. The second-order valence-electron chi connectivity index (χ2n) is 4.62. The molecule has 0 radical (unpaired) electrons. The van der Waals surface area contributed by atoms with E-state index in [0.29, 0.717) is 10.8 Å². The van der Waals surface area contributed by atoms with Crippen LogP contribution in [0.5, 0.6) is 0 Å². The van der Waals surface area contributed by atoms with Crippen molar-refractivity contribution < 1.29 is 0 Å². The number of H-pyrrole nitrogens is 1. The molecule has 6 nitrogen and oxygen atoms in total. The van der Waals surface area contributed by atoms with Crippen molar-refractivity contribution in [3.05, 3.63) is 75.7 Å². The zero-order valence-corrected chi connectivity index (χ0v) is 12.7. The van der Waals surface area contributed by atoms with Crippen molar-refractivity contribution in [3.63, 3.8) is 0 Å². The van der Waals surface area contributed by atoms with E-state index in [4.69, 9.17) is 11.6 Å². The van der Waals surface area contributed by atoms with E-state index in [-0.39, 0.29) is 5.69 Å². The number of nitrogens with one attached hydrogen (secondary N) is 2. The van der Waals surface area contributed by atoms with Crippen LogP contribution in [0.3, 0.4) is 0 Å². The number of nitrogens with zero attached hydrogens (tertiary/aromatic N) is 3. The second-order valence-corrected chi connectivity index (χ2v) is 5.05. The molecule has 0 aliphatic carbocycles. The van der Waals surface area contributed by atoms with Gasteiger partial charge in [-0.2, -0.15) is 10.2 Å². The topological polar surface area (TPSA) is 83.0 Å². The van der Waals surface area contributed by atoms with Gasteiger partial charge < -0.3 is 0 Å². The maximum absolute atomic E-state index is 11.8. The molecular weight excluding hydrogens is 314 g/mol. The molecule has 0 bridgehead atoms. The molecule has 0 amide bonds. The van der Waals surface area contributed by atoms with Gasteiger partial charge in [0, 0.05) is 10.6 Å². The molecule has 3 aromatic rings. The molecule has 0 saturated carbocycles. The zero-order valence-electron chi connectivity index (χ0n) is 11.9. The van der Waals surface area contributed by atoms with Crippen molar-refractivity contribution in [3.8, 4) is 11.4 Å². The van der Waals surface area contributed by atoms with Crippen LogP contribution in [0.15, 0.2) is 64.5 Å². The highest BCUT2D eigenvalue weighted by molar-refractivity contribution is 6.30. The van der Waals surface area contributed by atoms with Crippen LogP contribution in [-0.4, -0.2) is 21.4 Å². The minimum absolute atomic E-state index is 0.167. The summed E-state index contributed by atoms with van der Waals surface area (Å²) >= 11 is 5.81. The minimum Gasteiger partial charge on any atom is -0.278 e. The number of hydrogen-bond donors (Lipinski definition) is 2. The van der Waals surface area contributed by atoms with Gasteiger partial charge in [-0.15, -0.1) is 0 Å². The molecule has 1 heterocycles. The van der Waals surface area contributed by atoms with Crippen LogP contribution in [-0.2, 0) is 0 Å². The lowest BCUT2D eigenvalue weighted by Crippen LogP contribution is -2.17. The van der Waals surface area contributed by atoms with Gasteiger partial charge in [0.05, 0.1) is 11.9 Å². The second kappa shape index (κ2) is 6.85. The number of rotatable bonds is 4. The monoisotopic (exact) mass is 325 g/mol. The summed E-state index contributed by atoms with van der Waals surface area (Å²) in [6, 6.07) is 16.4. The fourth-order valence-electron chi connectivity index (χ4n) is 1.85. The largest absolute Gasteiger partial charge is 0.291 e. The van der Waals surface area contributed by atoms with Crippen molar-refractivity contribution in [2.45, 2.75) is 0 Å². The van der Waals surface area contributed by atoms with Gasteiger partial charge in [0.1, 0.15) is 0 Å². The fraction of sp³-hybridized carbons (Fsp3) is 0. The Morgan fingerprint density at radius 1 is 1.09 bits per heavy atom. The predicted molar refractivity (Wildman–Crippen MR) is 90.8 cm³/mol. The van der Waals surface area contributed by atoms with Crippen LogP contribution < -0.4 is 11.0 Å². The van der Waals surface area contributed by atoms with Crippen LogP contribution in [0.1, 0.15) is 5.69 Å². The Balaban J connectivity index is 1.81. The number of anilines is 1. The summed E-state index contributed by atoms with van der Waals surface area (Å²) < 4.78 is 0. The molecule has 3 rings (SSSR count). The van der Waals surface area contributed by atoms with Crippen LogP contribution in [0.4, 0.5) is 5.69 Å². The molecule has 1 aromatic heterocycles. The molecule has 0 spiro atoms. The predicted octanol–water partition coefficient (Wildman–Crippen LogP) is 2.93. The molecule has 7 heteroatoms. The summed E-state index contributed by atoms with van der Waals surface area (Å²) in [7, 11) is 0. The van der Waals surface area contributed by atoms with E-state index in [0.717, 1.165) is 11.3 Å². The quantitative estimate of drug-likeness (QED) is 0.570. The number of hydrazone groups is 1. The average Bonchev–Trinajstić information content (AvgIpc) is 2.59. The van der Waals surface area contributed by atoms with Crippen molar-refractivity contribution in [1.29, 1.82) is 0 Å². The maximum Gasteiger partial charge on any atom is 0.291 e. The smallest absolute Gasteiger partial charge is 0.278 e. The molecule has 0 aliphatic heterocycles. The molecule has 0 saturated heterocycles. The van der Waals surface area contributed by atoms with Crippen LogP contribution >= 0.6 is 11.6 Å². The number of halogens is 1. The Bertz CT molecular complexity index is 875. The first-order chi connectivity index (χ1) is 11.2. The van der Waals surface area contributed by atoms with Crippen LogP contribution in [0, 0.1) is 0 Å². The molecule has 0 atom stereocenters. The van der Waals surface area contributed by atoms with Crippen LogP contribution in [0.2, 0.25) is 5.02 Å². The van der Waals surface area contributed by atoms with Gasteiger partial charge in [0.15, 0.2) is 11.5 Å². The summed E-state index contributed by atoms with van der Waals surface area (Å²) in [5.41, 5.74) is 4.12. The summed E-state index contributed by atoms with van der Waals surface area (Å²) in [6.45, 7) is 0. The SMILES string of the molecule is O=c1[nH]nc(-c2ccccc2)nc1/C=N/Nc1ccc(Cl)cc1.